The average Bonchev–Trinajstić information content (AvgIpc) is 2.94. The lowest BCUT2D eigenvalue weighted by Gasteiger charge is -2.23. The summed E-state index contributed by atoms with van der Waals surface area (Å²) in [5.41, 5.74) is 1.82. The number of methoxy groups -OCH3 is 2. The summed E-state index contributed by atoms with van der Waals surface area (Å²) in [6.07, 6.45) is 1.80. The summed E-state index contributed by atoms with van der Waals surface area (Å²) in [5.74, 6) is 1.12. The summed E-state index contributed by atoms with van der Waals surface area (Å²) < 4.78 is 11.3. The number of benzene rings is 2. The van der Waals surface area contributed by atoms with Crippen molar-refractivity contribution in [2.75, 3.05) is 14.2 Å². The molecule has 0 bridgehead atoms. The highest BCUT2D eigenvalue weighted by Gasteiger charge is 2.36. The number of thiocarbonyl (C=S) groups is 1. The Labute approximate surface area is 162 Å². The van der Waals surface area contributed by atoms with Crippen molar-refractivity contribution in [1.82, 2.24) is 4.90 Å². The minimum atomic E-state index is -0.123. The number of hydrogen-bond donors (Lipinski definition) is 0. The summed E-state index contributed by atoms with van der Waals surface area (Å²) in [6.45, 7) is 1.98. The van der Waals surface area contributed by atoms with E-state index in [4.69, 9.17) is 21.7 Å². The van der Waals surface area contributed by atoms with Gasteiger partial charge >= 0.3 is 0 Å². The number of thioether (sulfide) groups is 1. The fourth-order valence-electron chi connectivity index (χ4n) is 2.86. The van der Waals surface area contributed by atoms with E-state index in [1.54, 1.807) is 25.2 Å². The number of ether oxygens (including phenoxy) is 2. The quantitative estimate of drug-likeness (QED) is 0.553. The highest BCUT2D eigenvalue weighted by atomic mass is 32.2. The van der Waals surface area contributed by atoms with Crippen molar-refractivity contribution in [1.29, 1.82) is 0 Å². The molecule has 1 aliphatic heterocycles. The van der Waals surface area contributed by atoms with Gasteiger partial charge in [-0.15, -0.1) is 0 Å². The second-order valence-electron chi connectivity index (χ2n) is 5.72. The van der Waals surface area contributed by atoms with Crippen LogP contribution in [0.4, 0.5) is 0 Å². The summed E-state index contributed by atoms with van der Waals surface area (Å²) in [6, 6.07) is 15.3. The van der Waals surface area contributed by atoms with E-state index < -0.39 is 0 Å². The smallest absolute Gasteiger partial charge is 0.266 e. The van der Waals surface area contributed by atoms with E-state index in [0.29, 0.717) is 20.7 Å². The summed E-state index contributed by atoms with van der Waals surface area (Å²) in [7, 11) is 3.17. The first-order valence-corrected chi connectivity index (χ1v) is 9.32. The van der Waals surface area contributed by atoms with E-state index >= 15 is 0 Å². The van der Waals surface area contributed by atoms with Crippen molar-refractivity contribution >= 4 is 40.3 Å². The average molecular weight is 386 g/mol. The van der Waals surface area contributed by atoms with Crippen molar-refractivity contribution in [2.45, 2.75) is 13.0 Å². The number of hydrogen-bond acceptors (Lipinski definition) is 5. The summed E-state index contributed by atoms with van der Waals surface area (Å²) in [4.78, 5) is 15.2. The van der Waals surface area contributed by atoms with E-state index in [9.17, 15) is 4.79 Å². The minimum absolute atomic E-state index is 0.0961. The van der Waals surface area contributed by atoms with Crippen LogP contribution in [-0.2, 0) is 4.79 Å². The Balaban J connectivity index is 1.93. The molecular weight excluding hydrogens is 366 g/mol. The SMILES string of the molecule is COc1cccc(/C=C2/SC(=S)N([C@@H](C)c3ccccc3)C2=O)c1OC. The van der Waals surface area contributed by atoms with Crippen LogP contribution < -0.4 is 9.47 Å². The number of para-hydroxylation sites is 1. The minimum Gasteiger partial charge on any atom is -0.493 e. The standard InChI is InChI=1S/C20H19NO3S2/c1-13(14-8-5-4-6-9-14)21-19(22)17(26-20(21)25)12-15-10-7-11-16(23-2)18(15)24-3/h4-13H,1-3H3/b17-12+/t13-/m0/s1. The molecule has 2 aromatic carbocycles. The highest BCUT2D eigenvalue weighted by Crippen LogP contribution is 2.40. The number of rotatable bonds is 5. The molecule has 0 N–H and O–H groups in total. The van der Waals surface area contributed by atoms with Crippen LogP contribution in [0.15, 0.2) is 53.4 Å². The zero-order valence-corrected chi connectivity index (χ0v) is 16.4. The lowest BCUT2D eigenvalue weighted by Crippen LogP contribution is -2.30. The molecule has 1 heterocycles. The second-order valence-corrected chi connectivity index (χ2v) is 7.40. The van der Waals surface area contributed by atoms with Crippen LogP contribution in [0.5, 0.6) is 11.5 Å². The van der Waals surface area contributed by atoms with Crippen LogP contribution in [0.2, 0.25) is 0 Å². The van der Waals surface area contributed by atoms with Gasteiger partial charge in [-0.1, -0.05) is 66.4 Å². The van der Waals surface area contributed by atoms with E-state index in [2.05, 4.69) is 0 Å². The lowest BCUT2D eigenvalue weighted by atomic mass is 10.1. The third kappa shape index (κ3) is 3.48. The van der Waals surface area contributed by atoms with Crippen LogP contribution in [-0.4, -0.2) is 29.3 Å². The highest BCUT2D eigenvalue weighted by molar-refractivity contribution is 8.26. The molecule has 0 spiro atoms. The van der Waals surface area contributed by atoms with Gasteiger partial charge in [-0.05, 0) is 24.6 Å². The normalized spacial score (nSPS) is 16.9. The molecule has 26 heavy (non-hydrogen) atoms. The zero-order chi connectivity index (χ0) is 18.7. The van der Waals surface area contributed by atoms with Crippen LogP contribution in [0, 0.1) is 0 Å². The third-order valence-corrected chi connectivity index (χ3v) is 5.54. The maximum absolute atomic E-state index is 13.0. The van der Waals surface area contributed by atoms with Gasteiger partial charge in [-0.3, -0.25) is 9.69 Å². The number of carbonyl (C=O) groups excluding carboxylic acids is 1. The Bertz CT molecular complexity index is 865. The molecule has 3 rings (SSSR count). The van der Waals surface area contributed by atoms with Gasteiger partial charge < -0.3 is 9.47 Å². The van der Waals surface area contributed by atoms with Gasteiger partial charge in [-0.25, -0.2) is 0 Å². The van der Waals surface area contributed by atoms with Gasteiger partial charge in [0.2, 0.25) is 0 Å². The fourth-order valence-corrected chi connectivity index (χ4v) is 4.27. The van der Waals surface area contributed by atoms with Gasteiger partial charge in [-0.2, -0.15) is 0 Å². The van der Waals surface area contributed by atoms with E-state index in [0.717, 1.165) is 11.1 Å². The first-order valence-electron chi connectivity index (χ1n) is 8.09. The van der Waals surface area contributed by atoms with Crippen molar-refractivity contribution < 1.29 is 14.3 Å². The Morgan fingerprint density at radius 2 is 1.81 bits per heavy atom. The molecule has 1 aliphatic rings. The number of nitrogens with zero attached hydrogens (tertiary/aromatic N) is 1. The first kappa shape index (κ1) is 18.5. The zero-order valence-electron chi connectivity index (χ0n) is 14.8. The van der Waals surface area contributed by atoms with Gasteiger partial charge in [0.25, 0.3) is 5.91 Å². The predicted molar refractivity (Wildman–Crippen MR) is 109 cm³/mol. The molecule has 6 heteroatoms. The van der Waals surface area contributed by atoms with Crippen LogP contribution in [0.25, 0.3) is 6.08 Å². The number of amides is 1. The second kappa shape index (κ2) is 7.93. The van der Waals surface area contributed by atoms with Gasteiger partial charge in [0.1, 0.15) is 4.32 Å². The molecule has 1 saturated heterocycles. The Morgan fingerprint density at radius 1 is 1.08 bits per heavy atom. The molecule has 1 atom stereocenters. The third-order valence-electron chi connectivity index (χ3n) is 4.21. The summed E-state index contributed by atoms with van der Waals surface area (Å²) >= 11 is 6.77. The molecular formula is C20H19NO3S2. The van der Waals surface area contributed by atoms with E-state index in [1.807, 2.05) is 55.5 Å². The number of carbonyl (C=O) groups is 1. The maximum atomic E-state index is 13.0. The molecule has 2 aromatic rings. The van der Waals surface area contributed by atoms with Crippen molar-refractivity contribution in [3.05, 3.63) is 64.6 Å². The fraction of sp³-hybridized carbons (Fsp3) is 0.200. The Hall–Kier alpha value is -2.31. The maximum Gasteiger partial charge on any atom is 0.266 e. The van der Waals surface area contributed by atoms with Gasteiger partial charge in [0, 0.05) is 5.56 Å². The molecule has 0 saturated carbocycles. The molecule has 1 fully saturated rings. The van der Waals surface area contributed by atoms with E-state index in [1.165, 1.54) is 11.8 Å². The molecule has 134 valence electrons. The predicted octanol–water partition coefficient (Wildman–Crippen LogP) is 4.67. The molecule has 0 aromatic heterocycles. The monoisotopic (exact) mass is 385 g/mol. The van der Waals surface area contributed by atoms with Gasteiger partial charge in [0.05, 0.1) is 25.2 Å². The van der Waals surface area contributed by atoms with Crippen molar-refractivity contribution in [3.63, 3.8) is 0 Å². The van der Waals surface area contributed by atoms with Crippen molar-refractivity contribution in [3.8, 4) is 11.5 Å². The van der Waals surface area contributed by atoms with E-state index in [-0.39, 0.29) is 11.9 Å². The molecule has 0 radical (unpaired) electrons. The van der Waals surface area contributed by atoms with Crippen molar-refractivity contribution in [2.24, 2.45) is 0 Å². The van der Waals surface area contributed by atoms with Crippen LogP contribution in [0.3, 0.4) is 0 Å². The Morgan fingerprint density at radius 3 is 2.46 bits per heavy atom. The molecule has 0 aliphatic carbocycles. The largest absolute Gasteiger partial charge is 0.493 e. The van der Waals surface area contributed by atoms with Crippen LogP contribution >= 0.6 is 24.0 Å². The first-order chi connectivity index (χ1) is 12.6. The topological polar surface area (TPSA) is 38.8 Å². The summed E-state index contributed by atoms with van der Waals surface area (Å²) in [5, 5.41) is 0. The molecule has 4 nitrogen and oxygen atoms in total. The lowest BCUT2D eigenvalue weighted by molar-refractivity contribution is -0.123. The Kier molecular flexibility index (Phi) is 5.64. The molecule has 0 unspecified atom stereocenters. The molecule has 1 amide bonds. The van der Waals surface area contributed by atoms with Crippen LogP contribution in [0.1, 0.15) is 24.1 Å². The van der Waals surface area contributed by atoms with Gasteiger partial charge in [0.15, 0.2) is 11.5 Å².